The van der Waals surface area contributed by atoms with Gasteiger partial charge in [0.1, 0.15) is 0 Å². The fourth-order valence-electron chi connectivity index (χ4n) is 1.72. The Labute approximate surface area is 114 Å². The molecule has 19 heavy (non-hydrogen) atoms. The summed E-state index contributed by atoms with van der Waals surface area (Å²) >= 11 is 0. The van der Waals surface area contributed by atoms with Gasteiger partial charge in [-0.1, -0.05) is 44.1 Å². The molecule has 106 valence electrons. The van der Waals surface area contributed by atoms with Crippen LogP contribution in [0.3, 0.4) is 0 Å². The monoisotopic (exact) mass is 284 g/mol. The van der Waals surface area contributed by atoms with E-state index in [1.165, 1.54) is 0 Å². The standard InChI is InChI=1S/C13H20N2O3S/c1-10(14-16)11-7-5-6-8-12(11)15-19(17,18)9-13(2,3)4/h5-8,15-16H,9H2,1-4H3. The van der Waals surface area contributed by atoms with Crippen molar-refractivity contribution in [2.75, 3.05) is 10.5 Å². The number of rotatable bonds is 4. The summed E-state index contributed by atoms with van der Waals surface area (Å²) in [6, 6.07) is 6.82. The van der Waals surface area contributed by atoms with Crippen molar-refractivity contribution in [3.05, 3.63) is 29.8 Å². The summed E-state index contributed by atoms with van der Waals surface area (Å²) in [6.45, 7) is 7.19. The van der Waals surface area contributed by atoms with Crippen LogP contribution in [0.2, 0.25) is 0 Å². The number of nitrogens with zero attached hydrogens (tertiary/aromatic N) is 1. The van der Waals surface area contributed by atoms with Crippen LogP contribution in [0.15, 0.2) is 29.4 Å². The first-order chi connectivity index (χ1) is 8.64. The topological polar surface area (TPSA) is 78.8 Å². The maximum Gasteiger partial charge on any atom is 0.233 e. The summed E-state index contributed by atoms with van der Waals surface area (Å²) in [5, 5.41) is 11.9. The lowest BCUT2D eigenvalue weighted by molar-refractivity contribution is 0.319. The molecule has 0 aromatic heterocycles. The van der Waals surface area contributed by atoms with E-state index in [1.807, 2.05) is 20.8 Å². The molecule has 5 nitrogen and oxygen atoms in total. The normalized spacial score (nSPS) is 13.4. The molecule has 0 saturated carbocycles. The maximum absolute atomic E-state index is 12.1. The van der Waals surface area contributed by atoms with Crippen molar-refractivity contribution in [3.8, 4) is 0 Å². The van der Waals surface area contributed by atoms with Crippen molar-refractivity contribution in [1.82, 2.24) is 0 Å². The number of nitrogens with one attached hydrogen (secondary N) is 1. The molecule has 1 aromatic carbocycles. The molecular formula is C13H20N2O3S. The van der Waals surface area contributed by atoms with E-state index in [-0.39, 0.29) is 11.2 Å². The van der Waals surface area contributed by atoms with Gasteiger partial charge < -0.3 is 5.21 Å². The molecule has 0 unspecified atom stereocenters. The van der Waals surface area contributed by atoms with E-state index in [1.54, 1.807) is 31.2 Å². The summed E-state index contributed by atoms with van der Waals surface area (Å²) in [4.78, 5) is 0. The Bertz CT molecular complexity index is 572. The first-order valence-corrected chi connectivity index (χ1v) is 7.58. The van der Waals surface area contributed by atoms with Crippen LogP contribution in [0.5, 0.6) is 0 Å². The molecule has 0 spiro atoms. The van der Waals surface area contributed by atoms with Gasteiger partial charge in [-0.3, -0.25) is 4.72 Å². The van der Waals surface area contributed by atoms with Crippen LogP contribution in [0, 0.1) is 5.41 Å². The van der Waals surface area contributed by atoms with E-state index < -0.39 is 10.0 Å². The van der Waals surface area contributed by atoms with Gasteiger partial charge in [0.25, 0.3) is 0 Å². The summed E-state index contributed by atoms with van der Waals surface area (Å²) in [5.41, 5.74) is 1.000. The van der Waals surface area contributed by atoms with Crippen molar-refractivity contribution < 1.29 is 13.6 Å². The number of anilines is 1. The zero-order valence-corrected chi connectivity index (χ0v) is 12.5. The van der Waals surface area contributed by atoms with Gasteiger partial charge in [0.05, 0.1) is 17.2 Å². The van der Waals surface area contributed by atoms with Gasteiger partial charge in [0.15, 0.2) is 0 Å². The van der Waals surface area contributed by atoms with E-state index in [9.17, 15) is 8.42 Å². The van der Waals surface area contributed by atoms with Crippen LogP contribution in [-0.2, 0) is 10.0 Å². The number of benzene rings is 1. The third-order valence-electron chi connectivity index (χ3n) is 2.36. The number of sulfonamides is 1. The second-order valence-electron chi connectivity index (χ2n) is 5.65. The lowest BCUT2D eigenvalue weighted by Crippen LogP contribution is -2.26. The highest BCUT2D eigenvalue weighted by Crippen LogP contribution is 2.21. The quantitative estimate of drug-likeness (QED) is 0.507. The Morgan fingerprint density at radius 3 is 2.42 bits per heavy atom. The molecule has 1 rings (SSSR count). The van der Waals surface area contributed by atoms with Crippen LogP contribution in [0.1, 0.15) is 33.3 Å². The number of para-hydroxylation sites is 1. The Morgan fingerprint density at radius 2 is 1.89 bits per heavy atom. The molecule has 0 aliphatic carbocycles. The maximum atomic E-state index is 12.1. The van der Waals surface area contributed by atoms with E-state index in [0.29, 0.717) is 17.0 Å². The zero-order chi connectivity index (χ0) is 14.7. The third-order valence-corrected chi connectivity index (χ3v) is 4.13. The Hall–Kier alpha value is -1.56. The van der Waals surface area contributed by atoms with Gasteiger partial charge in [0, 0.05) is 5.56 Å². The van der Waals surface area contributed by atoms with Gasteiger partial charge in [-0.2, -0.15) is 0 Å². The smallest absolute Gasteiger partial charge is 0.233 e. The second kappa shape index (κ2) is 5.61. The average Bonchev–Trinajstić information content (AvgIpc) is 2.24. The molecule has 0 atom stereocenters. The van der Waals surface area contributed by atoms with Gasteiger partial charge in [0.2, 0.25) is 10.0 Å². The largest absolute Gasteiger partial charge is 0.411 e. The molecule has 6 heteroatoms. The van der Waals surface area contributed by atoms with Crippen LogP contribution in [0.4, 0.5) is 5.69 Å². The molecule has 0 aliphatic heterocycles. The van der Waals surface area contributed by atoms with Crippen LogP contribution >= 0.6 is 0 Å². The number of hydrogen-bond donors (Lipinski definition) is 2. The van der Waals surface area contributed by atoms with Crippen molar-refractivity contribution in [2.24, 2.45) is 10.6 Å². The van der Waals surface area contributed by atoms with Crippen LogP contribution in [0.25, 0.3) is 0 Å². The summed E-state index contributed by atoms with van der Waals surface area (Å²) in [5.74, 6) is 0.0175. The lowest BCUT2D eigenvalue weighted by Gasteiger charge is -2.19. The summed E-state index contributed by atoms with van der Waals surface area (Å²) in [6.07, 6.45) is 0. The second-order valence-corrected chi connectivity index (χ2v) is 7.38. The average molecular weight is 284 g/mol. The molecule has 0 bridgehead atoms. The van der Waals surface area contributed by atoms with Crippen LogP contribution in [-0.4, -0.2) is 25.1 Å². The molecular weight excluding hydrogens is 264 g/mol. The van der Waals surface area contributed by atoms with E-state index >= 15 is 0 Å². The van der Waals surface area contributed by atoms with Gasteiger partial charge >= 0.3 is 0 Å². The first-order valence-electron chi connectivity index (χ1n) is 5.93. The molecule has 0 fully saturated rings. The van der Waals surface area contributed by atoms with Gasteiger partial charge in [-0.25, -0.2) is 8.42 Å². The van der Waals surface area contributed by atoms with Crippen LogP contribution < -0.4 is 4.72 Å². The highest BCUT2D eigenvalue weighted by molar-refractivity contribution is 7.92. The molecule has 0 heterocycles. The molecule has 2 N–H and O–H groups in total. The van der Waals surface area contributed by atoms with E-state index in [2.05, 4.69) is 9.88 Å². The molecule has 0 aliphatic rings. The number of oxime groups is 1. The minimum Gasteiger partial charge on any atom is -0.411 e. The minimum absolute atomic E-state index is 0.0175. The predicted octanol–water partition coefficient (Wildman–Crippen LogP) is 2.67. The Kier molecular flexibility index (Phi) is 4.57. The van der Waals surface area contributed by atoms with Crippen molar-refractivity contribution in [2.45, 2.75) is 27.7 Å². The third kappa shape index (κ3) is 4.90. The summed E-state index contributed by atoms with van der Waals surface area (Å²) < 4.78 is 26.7. The fraction of sp³-hybridized carbons (Fsp3) is 0.462. The van der Waals surface area contributed by atoms with Crippen molar-refractivity contribution in [1.29, 1.82) is 0 Å². The highest BCUT2D eigenvalue weighted by atomic mass is 32.2. The fourth-order valence-corrected chi connectivity index (χ4v) is 3.44. The Balaban J connectivity index is 3.07. The first kappa shape index (κ1) is 15.5. The van der Waals surface area contributed by atoms with E-state index in [4.69, 9.17) is 5.21 Å². The zero-order valence-electron chi connectivity index (χ0n) is 11.6. The lowest BCUT2D eigenvalue weighted by atomic mass is 10.0. The molecule has 0 radical (unpaired) electrons. The van der Waals surface area contributed by atoms with Crippen molar-refractivity contribution >= 4 is 21.4 Å². The SMILES string of the molecule is CC(=NO)c1ccccc1NS(=O)(=O)CC(C)(C)C. The Morgan fingerprint density at radius 1 is 1.32 bits per heavy atom. The molecule has 0 amide bonds. The number of hydrogen-bond acceptors (Lipinski definition) is 4. The highest BCUT2D eigenvalue weighted by Gasteiger charge is 2.22. The molecule has 0 saturated heterocycles. The van der Waals surface area contributed by atoms with Crippen molar-refractivity contribution in [3.63, 3.8) is 0 Å². The van der Waals surface area contributed by atoms with Gasteiger partial charge in [-0.05, 0) is 18.4 Å². The minimum atomic E-state index is -3.44. The van der Waals surface area contributed by atoms with Gasteiger partial charge in [-0.15, -0.1) is 0 Å². The molecule has 1 aromatic rings. The predicted molar refractivity (Wildman–Crippen MR) is 77.3 cm³/mol. The van der Waals surface area contributed by atoms with E-state index in [0.717, 1.165) is 0 Å². The summed E-state index contributed by atoms with van der Waals surface area (Å²) in [7, 11) is -3.44.